The van der Waals surface area contributed by atoms with Gasteiger partial charge in [0.05, 0.1) is 0 Å². The van der Waals surface area contributed by atoms with Crippen molar-refractivity contribution in [1.82, 2.24) is 5.32 Å². The van der Waals surface area contributed by atoms with E-state index in [1.165, 1.54) is 5.38 Å². The zero-order valence-corrected chi connectivity index (χ0v) is 10.1. The molecule has 100 valence electrons. The molecule has 1 aromatic rings. The second kappa shape index (κ2) is 5.38. The number of aliphatic carboxylic acids is 1. The summed E-state index contributed by atoms with van der Waals surface area (Å²) in [4.78, 5) is 20.8. The summed E-state index contributed by atoms with van der Waals surface area (Å²) in [6.45, 7) is 1.14. The van der Waals surface area contributed by atoms with E-state index in [1.807, 2.05) is 0 Å². The minimum Gasteiger partial charge on any atom is -0.480 e. The fourth-order valence-electron chi connectivity index (χ4n) is 1.31. The summed E-state index contributed by atoms with van der Waals surface area (Å²) in [6.07, 6.45) is -4.61. The number of carboxylic acids is 1. The minimum absolute atomic E-state index is 0.179. The number of amides is 1. The summed E-state index contributed by atoms with van der Waals surface area (Å²) in [5.41, 5.74) is 0.230. The molecule has 1 unspecified atom stereocenters. The Morgan fingerprint density at radius 1 is 1.50 bits per heavy atom. The number of halogens is 3. The smallest absolute Gasteiger partial charge is 0.425 e. The fourth-order valence-corrected chi connectivity index (χ4v) is 2.11. The number of carbonyl (C=O) groups excluding carboxylic acids is 1. The molecule has 18 heavy (non-hydrogen) atoms. The van der Waals surface area contributed by atoms with Gasteiger partial charge in [0.25, 0.3) is 0 Å². The van der Waals surface area contributed by atoms with Crippen molar-refractivity contribution in [3.8, 4) is 0 Å². The quantitative estimate of drug-likeness (QED) is 0.885. The van der Waals surface area contributed by atoms with Gasteiger partial charge in [-0.05, 0) is 17.0 Å². The lowest BCUT2D eigenvalue weighted by Gasteiger charge is -2.11. The Morgan fingerprint density at radius 3 is 2.50 bits per heavy atom. The zero-order chi connectivity index (χ0) is 13.9. The topological polar surface area (TPSA) is 66.4 Å². The highest BCUT2D eigenvalue weighted by atomic mass is 32.1. The first-order chi connectivity index (χ1) is 8.20. The maximum atomic E-state index is 12.3. The highest BCUT2D eigenvalue weighted by molar-refractivity contribution is 7.10. The molecule has 1 heterocycles. The van der Waals surface area contributed by atoms with Crippen molar-refractivity contribution in [2.45, 2.75) is 25.6 Å². The summed E-state index contributed by atoms with van der Waals surface area (Å²) < 4.78 is 37.0. The van der Waals surface area contributed by atoms with Crippen LogP contribution in [0.15, 0.2) is 11.4 Å². The van der Waals surface area contributed by atoms with Gasteiger partial charge in [-0.3, -0.25) is 4.79 Å². The van der Waals surface area contributed by atoms with Crippen molar-refractivity contribution in [3.63, 3.8) is 0 Å². The van der Waals surface area contributed by atoms with Crippen LogP contribution in [-0.4, -0.2) is 23.0 Å². The Hall–Kier alpha value is -1.57. The maximum absolute atomic E-state index is 12.3. The average Bonchev–Trinajstić information content (AvgIpc) is 2.63. The van der Waals surface area contributed by atoms with Crippen molar-refractivity contribution in [3.05, 3.63) is 21.9 Å². The average molecular weight is 281 g/mol. The Morgan fingerprint density at radius 2 is 2.11 bits per heavy atom. The molecule has 1 aromatic heterocycles. The van der Waals surface area contributed by atoms with E-state index >= 15 is 0 Å². The van der Waals surface area contributed by atoms with Gasteiger partial charge in [-0.25, -0.2) is 4.79 Å². The SMILES string of the molecule is CC(=O)NC(Cc1csc(C(F)(F)F)c1)C(=O)O. The molecule has 4 nitrogen and oxygen atoms in total. The van der Waals surface area contributed by atoms with E-state index in [0.717, 1.165) is 13.0 Å². The normalized spacial score (nSPS) is 13.1. The van der Waals surface area contributed by atoms with Gasteiger partial charge in [-0.15, -0.1) is 11.3 Å². The maximum Gasteiger partial charge on any atom is 0.425 e. The van der Waals surface area contributed by atoms with Crippen LogP contribution in [0.5, 0.6) is 0 Å². The summed E-state index contributed by atoms with van der Waals surface area (Å²) >= 11 is 0.498. The molecule has 0 radical (unpaired) electrons. The Balaban J connectivity index is 2.79. The van der Waals surface area contributed by atoms with Gasteiger partial charge in [0.15, 0.2) is 0 Å². The number of thiophene rings is 1. The van der Waals surface area contributed by atoms with E-state index in [0.29, 0.717) is 11.3 Å². The Bertz CT molecular complexity index is 455. The van der Waals surface area contributed by atoms with E-state index in [9.17, 15) is 22.8 Å². The number of rotatable bonds is 4. The summed E-state index contributed by atoms with van der Waals surface area (Å²) in [5, 5.41) is 12.2. The number of nitrogens with one attached hydrogen (secondary N) is 1. The highest BCUT2D eigenvalue weighted by Crippen LogP contribution is 2.34. The second-order valence-corrected chi connectivity index (χ2v) is 4.52. The third-order valence-electron chi connectivity index (χ3n) is 2.05. The first kappa shape index (κ1) is 14.5. The van der Waals surface area contributed by atoms with Crippen LogP contribution < -0.4 is 5.32 Å². The number of hydrogen-bond acceptors (Lipinski definition) is 3. The number of alkyl halides is 3. The van der Waals surface area contributed by atoms with Crippen LogP contribution in [-0.2, 0) is 22.2 Å². The molecule has 8 heteroatoms. The van der Waals surface area contributed by atoms with Crippen LogP contribution in [0.25, 0.3) is 0 Å². The molecule has 0 saturated carbocycles. The lowest BCUT2D eigenvalue weighted by Crippen LogP contribution is -2.41. The molecule has 0 aliphatic heterocycles. The van der Waals surface area contributed by atoms with Crippen molar-refractivity contribution in [1.29, 1.82) is 0 Å². The highest BCUT2D eigenvalue weighted by Gasteiger charge is 2.32. The van der Waals surface area contributed by atoms with Crippen molar-refractivity contribution in [2.75, 3.05) is 0 Å². The third-order valence-corrected chi connectivity index (χ3v) is 3.07. The molecule has 1 atom stereocenters. The van der Waals surface area contributed by atoms with Crippen LogP contribution in [0.1, 0.15) is 17.4 Å². The van der Waals surface area contributed by atoms with Crippen molar-refractivity contribution in [2.24, 2.45) is 0 Å². The molecule has 1 rings (SSSR count). The molecule has 1 amide bonds. The minimum atomic E-state index is -4.43. The number of carboxylic acid groups (broad SMARTS) is 1. The Kier molecular flexibility index (Phi) is 4.33. The summed E-state index contributed by atoms with van der Waals surface area (Å²) in [6, 6.07) is -0.333. The number of hydrogen-bond donors (Lipinski definition) is 2. The Labute approximate surface area is 104 Å². The van der Waals surface area contributed by atoms with Crippen LogP contribution in [0.2, 0.25) is 0 Å². The fraction of sp³-hybridized carbons (Fsp3) is 0.400. The molecule has 0 aromatic carbocycles. The molecule has 0 aliphatic rings. The van der Waals surface area contributed by atoms with Crippen LogP contribution >= 0.6 is 11.3 Å². The predicted octanol–water partition coefficient (Wildman–Crippen LogP) is 1.90. The van der Waals surface area contributed by atoms with E-state index < -0.39 is 29.0 Å². The summed E-state index contributed by atoms with van der Waals surface area (Å²) in [7, 11) is 0. The molecule has 2 N–H and O–H groups in total. The third kappa shape index (κ3) is 4.02. The first-order valence-electron chi connectivity index (χ1n) is 4.84. The zero-order valence-electron chi connectivity index (χ0n) is 9.25. The molecule has 0 bridgehead atoms. The lowest BCUT2D eigenvalue weighted by atomic mass is 10.1. The van der Waals surface area contributed by atoms with E-state index in [1.54, 1.807) is 0 Å². The largest absolute Gasteiger partial charge is 0.480 e. The van der Waals surface area contributed by atoms with Crippen molar-refractivity contribution >= 4 is 23.2 Å². The predicted molar refractivity (Wildman–Crippen MR) is 58.3 cm³/mol. The molecule has 0 fully saturated rings. The van der Waals surface area contributed by atoms with Gasteiger partial charge in [0.1, 0.15) is 10.9 Å². The molecule has 0 saturated heterocycles. The van der Waals surface area contributed by atoms with Gasteiger partial charge in [-0.1, -0.05) is 0 Å². The van der Waals surface area contributed by atoms with Crippen molar-refractivity contribution < 1.29 is 27.9 Å². The van der Waals surface area contributed by atoms with Gasteiger partial charge >= 0.3 is 12.1 Å². The van der Waals surface area contributed by atoms with Gasteiger partial charge < -0.3 is 10.4 Å². The molecular weight excluding hydrogens is 271 g/mol. The molecular formula is C10H10F3NO3S. The van der Waals surface area contributed by atoms with E-state index in [-0.39, 0.29) is 12.0 Å². The van der Waals surface area contributed by atoms with Crippen LogP contribution in [0.4, 0.5) is 13.2 Å². The van der Waals surface area contributed by atoms with Gasteiger partial charge in [0, 0.05) is 13.3 Å². The van der Waals surface area contributed by atoms with Gasteiger partial charge in [0.2, 0.25) is 5.91 Å². The van der Waals surface area contributed by atoms with Gasteiger partial charge in [-0.2, -0.15) is 13.2 Å². The first-order valence-corrected chi connectivity index (χ1v) is 5.72. The summed E-state index contributed by atoms with van der Waals surface area (Å²) in [5.74, 6) is -1.83. The van der Waals surface area contributed by atoms with E-state index in [2.05, 4.69) is 5.32 Å². The standard InChI is InChI=1S/C10H10F3NO3S/c1-5(15)14-7(9(16)17)2-6-3-8(18-4-6)10(11,12)13/h3-4,7H,2H2,1H3,(H,14,15)(H,16,17). The molecule has 0 aliphatic carbocycles. The van der Waals surface area contributed by atoms with Crippen LogP contribution in [0.3, 0.4) is 0 Å². The van der Waals surface area contributed by atoms with Crippen LogP contribution in [0, 0.1) is 0 Å². The van der Waals surface area contributed by atoms with E-state index in [4.69, 9.17) is 5.11 Å². The lowest BCUT2D eigenvalue weighted by molar-refractivity contribution is -0.141. The molecule has 0 spiro atoms. The second-order valence-electron chi connectivity index (χ2n) is 3.61. The monoisotopic (exact) mass is 281 g/mol. The number of carbonyl (C=O) groups is 2.